The maximum Gasteiger partial charge on any atom is 0.325 e. The smallest absolute Gasteiger partial charge is 0.325 e. The van der Waals surface area contributed by atoms with Gasteiger partial charge in [0, 0.05) is 25.8 Å². The molecule has 0 aliphatic heterocycles. The number of phenolic OH excluding ortho intramolecular Hbond substituents is 1. The van der Waals surface area contributed by atoms with Gasteiger partial charge in [0.2, 0.25) is 59.1 Å². The van der Waals surface area contributed by atoms with Crippen molar-refractivity contribution in [3.8, 4) is 5.75 Å². The third-order valence-corrected chi connectivity index (χ3v) is 12.0. The number of nitrogens with one attached hydrogen (secondary N) is 9. The minimum Gasteiger partial charge on any atom is -0.508 e. The van der Waals surface area contributed by atoms with Crippen LogP contribution in [0, 0.1) is 0 Å². The summed E-state index contributed by atoms with van der Waals surface area (Å²) in [6.45, 7) is 0.834. The molecule has 33 heteroatoms. The normalized spacial score (nSPS) is 15.3. The number of benzene rings is 2. The third kappa shape index (κ3) is 25.1. The van der Waals surface area contributed by atoms with Crippen LogP contribution in [0.15, 0.2) is 59.6 Å². The number of amides is 10. The average molecular weight is 1180 g/mol. The molecule has 0 radical (unpaired) electrons. The minimum atomic E-state index is -2.05. The Labute approximate surface area is 474 Å². The molecule has 83 heavy (non-hydrogen) atoms. The Hall–Kier alpha value is -9.05. The van der Waals surface area contributed by atoms with E-state index in [2.05, 4.69) is 52.8 Å². The molecule has 0 saturated carbocycles. The summed E-state index contributed by atoms with van der Waals surface area (Å²) in [7, 11) is 0. The van der Waals surface area contributed by atoms with Crippen LogP contribution in [-0.2, 0) is 70.4 Å². The van der Waals surface area contributed by atoms with Crippen molar-refractivity contribution < 1.29 is 93.3 Å². The predicted octanol–water partition coefficient (Wildman–Crippen LogP) is -8.49. The second kappa shape index (κ2) is 34.9. The van der Waals surface area contributed by atoms with Gasteiger partial charge < -0.3 is 107 Å². The van der Waals surface area contributed by atoms with E-state index in [0.717, 1.165) is 20.8 Å². The van der Waals surface area contributed by atoms with Crippen LogP contribution in [-0.4, -0.2) is 205 Å². The lowest BCUT2D eigenvalue weighted by Crippen LogP contribution is -2.62. The van der Waals surface area contributed by atoms with Gasteiger partial charge in [0.15, 0.2) is 5.96 Å². The molecule has 0 aromatic heterocycles. The van der Waals surface area contributed by atoms with Crippen molar-refractivity contribution >= 4 is 77.0 Å². The summed E-state index contributed by atoms with van der Waals surface area (Å²) in [5.41, 5.74) is 22.6. The molecule has 12 atom stereocenters. The van der Waals surface area contributed by atoms with Gasteiger partial charge in [-0.25, -0.2) is 0 Å². The zero-order chi connectivity index (χ0) is 62.7. The van der Waals surface area contributed by atoms with Crippen molar-refractivity contribution in [1.29, 1.82) is 0 Å². The summed E-state index contributed by atoms with van der Waals surface area (Å²) in [5.74, 6) is -15.1. The van der Waals surface area contributed by atoms with Crippen molar-refractivity contribution in [3.63, 3.8) is 0 Å². The monoisotopic (exact) mass is 1170 g/mol. The first-order valence-electron chi connectivity index (χ1n) is 25.6. The summed E-state index contributed by atoms with van der Waals surface area (Å²) < 4.78 is 0. The lowest BCUT2D eigenvalue weighted by molar-refractivity contribution is -0.142. The quantitative estimate of drug-likeness (QED) is 0.0171. The van der Waals surface area contributed by atoms with E-state index in [0.29, 0.717) is 5.56 Å². The van der Waals surface area contributed by atoms with Gasteiger partial charge in [-0.05, 0) is 63.3 Å². The van der Waals surface area contributed by atoms with E-state index in [9.17, 15) is 88.2 Å². The molecule has 0 aliphatic rings. The molecule has 0 unspecified atom stereocenters. The van der Waals surface area contributed by atoms with E-state index in [1.54, 1.807) is 30.3 Å². The zero-order valence-electron chi connectivity index (χ0n) is 45.5. The predicted molar refractivity (Wildman–Crippen MR) is 289 cm³/mol. The van der Waals surface area contributed by atoms with Crippen molar-refractivity contribution in [1.82, 2.24) is 47.9 Å². The van der Waals surface area contributed by atoms with Gasteiger partial charge >= 0.3 is 11.9 Å². The average Bonchev–Trinajstić information content (AvgIpc) is 3.48. The van der Waals surface area contributed by atoms with Crippen LogP contribution >= 0.6 is 0 Å². The Morgan fingerprint density at radius 2 is 0.916 bits per heavy atom. The molecule has 24 N–H and O–H groups in total. The first-order valence-corrected chi connectivity index (χ1v) is 25.6. The molecule has 33 nitrogen and oxygen atoms in total. The van der Waals surface area contributed by atoms with Gasteiger partial charge in [0.05, 0.1) is 37.9 Å². The SMILES string of the molecule is C[C@H](NC(=O)[C@@H](NC(=O)[C@H](CO)NC(=O)[C@H](CO)NC(=O)[C@H](Cc1ccccc1)NC(=O)[C@H](CCCN=C(N)N)NC(=O)[C@H](CC(=O)O)NC(=O)[C@H](Cc1ccc(O)cc1)NC(=O)[C@@H](NC(=O)[C@@H](N)CCC(N)=O)[C@@H](C)O)[C@@H](C)O)C(=O)O. The van der Waals surface area contributed by atoms with Crippen LogP contribution < -0.4 is 70.8 Å². The standard InChI is InChI=1S/C50H74N14O19/c1-23(49(82)83)56-47(80)38(24(2)67)64-46(79)35(22-66)62-45(78)34(21-65)61-43(76)31(18-26-8-5-4-6-9-26)58-41(74)30(10-7-17-55-50(53)54)57-44(77)33(20-37(71)72)59-42(75)32(19-27-11-13-28(69)14-12-27)60-48(81)39(25(3)68)63-40(73)29(51)15-16-36(52)70/h4-6,8-9,11-14,23-25,29-35,38-39,65-69H,7,10,15-22,51H2,1-3H3,(H2,52,70)(H,56,80)(H,57,77)(H,58,74)(H,59,75)(H,60,81)(H,61,76)(H,62,78)(H,63,73)(H,64,79)(H,71,72)(H,82,83)(H4,53,54,55)/t23-,24+,25+,29-,30-,31-,32-,33-,34-,35-,38-,39-/m0/s1. The second-order valence-electron chi connectivity index (χ2n) is 19.0. The largest absolute Gasteiger partial charge is 0.508 e. The van der Waals surface area contributed by atoms with E-state index in [1.807, 2.05) is 0 Å². The minimum absolute atomic E-state index is 0.0734. The summed E-state index contributed by atoms with van der Waals surface area (Å²) in [6, 6.07) is -4.36. The summed E-state index contributed by atoms with van der Waals surface area (Å²) in [5, 5.41) is 90.0. The van der Waals surface area contributed by atoms with Crippen molar-refractivity contribution in [2.45, 2.75) is 138 Å². The summed E-state index contributed by atoms with van der Waals surface area (Å²) in [6.07, 6.45) is -6.14. The molecule has 2 aromatic rings. The summed E-state index contributed by atoms with van der Waals surface area (Å²) in [4.78, 5) is 161. The topological polar surface area (TPSA) is 571 Å². The van der Waals surface area contributed by atoms with Crippen molar-refractivity contribution in [2.24, 2.45) is 27.9 Å². The van der Waals surface area contributed by atoms with Crippen molar-refractivity contribution in [2.75, 3.05) is 19.8 Å². The highest BCUT2D eigenvalue weighted by Gasteiger charge is 2.37. The molecule has 2 rings (SSSR count). The highest BCUT2D eigenvalue weighted by atomic mass is 16.4. The Balaban J connectivity index is 2.52. The number of aliphatic hydroxyl groups excluding tert-OH is 4. The first kappa shape index (κ1) is 70.1. The number of aliphatic carboxylic acids is 2. The number of nitrogens with two attached hydrogens (primary N) is 4. The number of guanidine groups is 1. The Bertz CT molecular complexity index is 2610. The molecule has 0 saturated heterocycles. The Kier molecular flexibility index (Phi) is 29.5. The third-order valence-electron chi connectivity index (χ3n) is 12.0. The number of rotatable bonds is 36. The number of aliphatic imine (C=N–C) groups is 1. The van der Waals surface area contributed by atoms with Crippen LogP contribution in [0.25, 0.3) is 0 Å². The fourth-order valence-electron chi connectivity index (χ4n) is 7.42. The van der Waals surface area contributed by atoms with E-state index < -0.39 is 170 Å². The molecule has 0 fully saturated rings. The molecule has 0 heterocycles. The van der Waals surface area contributed by atoms with Crippen LogP contribution in [0.2, 0.25) is 0 Å². The van der Waals surface area contributed by atoms with Crippen LogP contribution in [0.1, 0.15) is 64.0 Å². The molecule has 0 aliphatic carbocycles. The Morgan fingerprint density at radius 1 is 0.506 bits per heavy atom. The van der Waals surface area contributed by atoms with E-state index >= 15 is 0 Å². The number of aromatic hydroxyl groups is 1. The van der Waals surface area contributed by atoms with Crippen LogP contribution in [0.4, 0.5) is 0 Å². The molecule has 2 aromatic carbocycles. The lowest BCUT2D eigenvalue weighted by atomic mass is 10.0. The number of carboxylic acids is 2. The fraction of sp³-hybridized carbons (Fsp3) is 0.500. The highest BCUT2D eigenvalue weighted by molar-refractivity contribution is 5.99. The number of carbonyl (C=O) groups excluding carboxylic acids is 10. The number of carboxylic acid groups (broad SMARTS) is 2. The number of nitrogens with zero attached hydrogens (tertiary/aromatic N) is 1. The number of hydrogen-bond donors (Lipinski definition) is 20. The van der Waals surface area contributed by atoms with Gasteiger partial charge in [0.25, 0.3) is 0 Å². The Morgan fingerprint density at radius 3 is 1.39 bits per heavy atom. The zero-order valence-corrected chi connectivity index (χ0v) is 45.5. The van der Waals surface area contributed by atoms with Crippen LogP contribution in [0.3, 0.4) is 0 Å². The molecular formula is C50H74N14O19. The second-order valence-corrected chi connectivity index (χ2v) is 19.0. The highest BCUT2D eigenvalue weighted by Crippen LogP contribution is 2.14. The fourth-order valence-corrected chi connectivity index (χ4v) is 7.42. The molecule has 458 valence electrons. The number of aliphatic hydroxyl groups is 4. The maximum absolute atomic E-state index is 14.3. The molecule has 0 spiro atoms. The number of hydrogen-bond acceptors (Lipinski definition) is 19. The lowest BCUT2D eigenvalue weighted by Gasteiger charge is -2.28. The van der Waals surface area contributed by atoms with Gasteiger partial charge in [0.1, 0.15) is 60.1 Å². The van der Waals surface area contributed by atoms with Gasteiger partial charge in [-0.3, -0.25) is 62.5 Å². The van der Waals surface area contributed by atoms with Crippen LogP contribution in [0.5, 0.6) is 5.75 Å². The van der Waals surface area contributed by atoms with Gasteiger partial charge in [-0.15, -0.1) is 0 Å². The van der Waals surface area contributed by atoms with E-state index in [4.69, 9.17) is 28.0 Å². The number of primary amides is 1. The molecular weight excluding hydrogens is 1100 g/mol. The van der Waals surface area contributed by atoms with E-state index in [-0.39, 0.29) is 55.9 Å². The van der Waals surface area contributed by atoms with Gasteiger partial charge in [-0.2, -0.15) is 0 Å². The number of phenols is 1. The summed E-state index contributed by atoms with van der Waals surface area (Å²) >= 11 is 0. The van der Waals surface area contributed by atoms with Crippen molar-refractivity contribution in [3.05, 3.63) is 65.7 Å². The maximum atomic E-state index is 14.3. The molecule has 0 bridgehead atoms. The van der Waals surface area contributed by atoms with Gasteiger partial charge in [-0.1, -0.05) is 42.5 Å². The number of carbonyl (C=O) groups is 12. The van der Waals surface area contributed by atoms with E-state index in [1.165, 1.54) is 24.3 Å². The first-order chi connectivity index (χ1) is 39.0. The molecule has 10 amide bonds.